The minimum absolute atomic E-state index is 0.0807. The summed E-state index contributed by atoms with van der Waals surface area (Å²) in [6.07, 6.45) is 2.50. The zero-order chi connectivity index (χ0) is 12.5. The van der Waals surface area contributed by atoms with Crippen LogP contribution in [0.3, 0.4) is 0 Å². The van der Waals surface area contributed by atoms with E-state index in [4.69, 9.17) is 4.74 Å². The lowest BCUT2D eigenvalue weighted by atomic mass is 10.2. The molecule has 0 saturated carbocycles. The molecule has 1 amide bonds. The number of ether oxygens (including phenoxy) is 1. The van der Waals surface area contributed by atoms with E-state index in [9.17, 15) is 4.79 Å². The highest BCUT2D eigenvalue weighted by Gasteiger charge is 2.04. The Balaban J connectivity index is 2.46. The molecule has 5 heteroatoms. The monoisotopic (exact) mass is 237 g/mol. The second-order valence-corrected chi connectivity index (χ2v) is 3.61. The standard InChI is InChI=1S/C12H19N3O2/c1-3-6-14-12(16)10-4-5-11(15-9-10)13-7-8-17-2/h4-5,9H,3,6-8H2,1-2H3,(H,13,15)(H,14,16). The van der Waals surface area contributed by atoms with E-state index >= 15 is 0 Å². The van der Waals surface area contributed by atoms with Gasteiger partial charge in [-0.25, -0.2) is 4.98 Å². The van der Waals surface area contributed by atoms with Crippen molar-refractivity contribution in [3.63, 3.8) is 0 Å². The molecule has 0 atom stereocenters. The summed E-state index contributed by atoms with van der Waals surface area (Å²) in [5, 5.41) is 5.89. The van der Waals surface area contributed by atoms with Gasteiger partial charge in [0.05, 0.1) is 12.2 Å². The van der Waals surface area contributed by atoms with Crippen molar-refractivity contribution in [1.29, 1.82) is 0 Å². The summed E-state index contributed by atoms with van der Waals surface area (Å²) in [7, 11) is 1.65. The number of amides is 1. The molecule has 0 unspecified atom stereocenters. The van der Waals surface area contributed by atoms with Gasteiger partial charge in [0.2, 0.25) is 0 Å². The Morgan fingerprint density at radius 2 is 2.24 bits per heavy atom. The summed E-state index contributed by atoms with van der Waals surface area (Å²) < 4.78 is 4.92. The Kier molecular flexibility index (Phi) is 6.03. The van der Waals surface area contributed by atoms with Crippen molar-refractivity contribution in [3.05, 3.63) is 23.9 Å². The predicted molar refractivity (Wildman–Crippen MR) is 67.2 cm³/mol. The maximum atomic E-state index is 11.6. The van der Waals surface area contributed by atoms with Crippen LogP contribution in [0.2, 0.25) is 0 Å². The zero-order valence-corrected chi connectivity index (χ0v) is 10.3. The lowest BCUT2D eigenvalue weighted by Crippen LogP contribution is -2.24. The molecule has 0 aromatic carbocycles. The molecular weight excluding hydrogens is 218 g/mol. The molecule has 1 rings (SSSR count). The number of hydrogen-bond donors (Lipinski definition) is 2. The van der Waals surface area contributed by atoms with Gasteiger partial charge in [-0.3, -0.25) is 4.79 Å². The Hall–Kier alpha value is -1.62. The summed E-state index contributed by atoms with van der Waals surface area (Å²) in [4.78, 5) is 15.7. The van der Waals surface area contributed by atoms with Gasteiger partial charge in [0, 0.05) is 26.4 Å². The summed E-state index contributed by atoms with van der Waals surface area (Å²) in [5.41, 5.74) is 0.579. The van der Waals surface area contributed by atoms with Crippen LogP contribution in [0.15, 0.2) is 18.3 Å². The highest BCUT2D eigenvalue weighted by Crippen LogP contribution is 2.04. The van der Waals surface area contributed by atoms with Gasteiger partial charge in [-0.05, 0) is 18.6 Å². The number of nitrogens with one attached hydrogen (secondary N) is 2. The van der Waals surface area contributed by atoms with E-state index in [1.54, 1.807) is 25.4 Å². The molecule has 1 aromatic heterocycles. The van der Waals surface area contributed by atoms with E-state index in [2.05, 4.69) is 15.6 Å². The first-order chi connectivity index (χ1) is 8.27. The smallest absolute Gasteiger partial charge is 0.252 e. The first-order valence-electron chi connectivity index (χ1n) is 5.75. The third kappa shape index (κ3) is 4.82. The number of carbonyl (C=O) groups excluding carboxylic acids is 1. The Morgan fingerprint density at radius 3 is 2.82 bits per heavy atom. The van der Waals surface area contributed by atoms with Crippen LogP contribution < -0.4 is 10.6 Å². The SMILES string of the molecule is CCCNC(=O)c1ccc(NCCOC)nc1. The Labute approximate surface area is 102 Å². The molecule has 0 fully saturated rings. The number of carbonyl (C=O) groups is 1. The highest BCUT2D eigenvalue weighted by atomic mass is 16.5. The number of rotatable bonds is 7. The van der Waals surface area contributed by atoms with E-state index in [-0.39, 0.29) is 5.91 Å². The van der Waals surface area contributed by atoms with Gasteiger partial charge in [0.1, 0.15) is 5.82 Å². The van der Waals surface area contributed by atoms with Crippen molar-refractivity contribution in [2.45, 2.75) is 13.3 Å². The van der Waals surface area contributed by atoms with Gasteiger partial charge in [-0.15, -0.1) is 0 Å². The third-order valence-electron chi connectivity index (χ3n) is 2.17. The van der Waals surface area contributed by atoms with Gasteiger partial charge in [-0.1, -0.05) is 6.92 Å². The predicted octanol–water partition coefficient (Wildman–Crippen LogP) is 1.28. The average Bonchev–Trinajstić information content (AvgIpc) is 2.37. The Morgan fingerprint density at radius 1 is 1.41 bits per heavy atom. The first-order valence-corrected chi connectivity index (χ1v) is 5.75. The van der Waals surface area contributed by atoms with Crippen LogP contribution in [0, 0.1) is 0 Å². The van der Waals surface area contributed by atoms with Crippen LogP contribution in [0.25, 0.3) is 0 Å². The molecule has 0 aliphatic heterocycles. The van der Waals surface area contributed by atoms with E-state index in [0.717, 1.165) is 12.2 Å². The normalized spacial score (nSPS) is 10.0. The Bertz CT molecular complexity index is 338. The number of hydrogen-bond acceptors (Lipinski definition) is 4. The molecule has 0 radical (unpaired) electrons. The molecule has 0 spiro atoms. The molecular formula is C12H19N3O2. The molecule has 0 aliphatic rings. The highest BCUT2D eigenvalue weighted by molar-refractivity contribution is 5.93. The molecule has 0 bridgehead atoms. The summed E-state index contributed by atoms with van der Waals surface area (Å²) >= 11 is 0. The van der Waals surface area contributed by atoms with Crippen LogP contribution in [0.5, 0.6) is 0 Å². The second kappa shape index (κ2) is 7.62. The van der Waals surface area contributed by atoms with E-state index < -0.39 is 0 Å². The van der Waals surface area contributed by atoms with Gasteiger partial charge in [0.25, 0.3) is 5.91 Å². The fourth-order valence-electron chi connectivity index (χ4n) is 1.25. The van der Waals surface area contributed by atoms with Crippen molar-refractivity contribution in [3.8, 4) is 0 Å². The van der Waals surface area contributed by atoms with Crippen LogP contribution in [0.1, 0.15) is 23.7 Å². The van der Waals surface area contributed by atoms with E-state index in [0.29, 0.717) is 25.3 Å². The van der Waals surface area contributed by atoms with Crippen molar-refractivity contribution in [2.24, 2.45) is 0 Å². The van der Waals surface area contributed by atoms with Crippen LogP contribution in [-0.4, -0.2) is 37.7 Å². The second-order valence-electron chi connectivity index (χ2n) is 3.61. The lowest BCUT2D eigenvalue weighted by molar-refractivity contribution is 0.0953. The van der Waals surface area contributed by atoms with E-state index in [1.165, 1.54) is 0 Å². The molecule has 1 heterocycles. The maximum absolute atomic E-state index is 11.6. The molecule has 17 heavy (non-hydrogen) atoms. The average molecular weight is 237 g/mol. The minimum Gasteiger partial charge on any atom is -0.383 e. The van der Waals surface area contributed by atoms with Gasteiger partial charge in [-0.2, -0.15) is 0 Å². The fourth-order valence-corrected chi connectivity index (χ4v) is 1.25. The topological polar surface area (TPSA) is 63.2 Å². The quantitative estimate of drug-likeness (QED) is 0.701. The van der Waals surface area contributed by atoms with E-state index in [1.807, 2.05) is 6.92 Å². The number of methoxy groups -OCH3 is 1. The molecule has 0 aliphatic carbocycles. The van der Waals surface area contributed by atoms with Gasteiger partial charge in [0.15, 0.2) is 0 Å². The van der Waals surface area contributed by atoms with Crippen molar-refractivity contribution in [2.75, 3.05) is 32.1 Å². The first kappa shape index (κ1) is 13.4. The number of nitrogens with zero attached hydrogens (tertiary/aromatic N) is 1. The maximum Gasteiger partial charge on any atom is 0.252 e. The largest absolute Gasteiger partial charge is 0.383 e. The van der Waals surface area contributed by atoms with Gasteiger partial charge < -0.3 is 15.4 Å². The number of aromatic nitrogens is 1. The third-order valence-corrected chi connectivity index (χ3v) is 2.17. The number of anilines is 1. The molecule has 0 saturated heterocycles. The van der Waals surface area contributed by atoms with Crippen LogP contribution in [-0.2, 0) is 4.74 Å². The molecule has 94 valence electrons. The summed E-state index contributed by atoms with van der Waals surface area (Å²) in [6.45, 7) is 4.03. The van der Waals surface area contributed by atoms with Gasteiger partial charge >= 0.3 is 0 Å². The minimum atomic E-state index is -0.0807. The van der Waals surface area contributed by atoms with Crippen LogP contribution >= 0.6 is 0 Å². The fraction of sp³-hybridized carbons (Fsp3) is 0.500. The lowest BCUT2D eigenvalue weighted by Gasteiger charge is -2.06. The number of pyridine rings is 1. The van der Waals surface area contributed by atoms with Crippen molar-refractivity contribution >= 4 is 11.7 Å². The molecule has 2 N–H and O–H groups in total. The molecule has 5 nitrogen and oxygen atoms in total. The molecule has 1 aromatic rings. The summed E-state index contributed by atoms with van der Waals surface area (Å²) in [6, 6.07) is 3.55. The van der Waals surface area contributed by atoms with Crippen molar-refractivity contribution in [1.82, 2.24) is 10.3 Å². The zero-order valence-electron chi connectivity index (χ0n) is 10.3. The summed E-state index contributed by atoms with van der Waals surface area (Å²) in [5.74, 6) is 0.664. The van der Waals surface area contributed by atoms with Crippen LogP contribution in [0.4, 0.5) is 5.82 Å². The van der Waals surface area contributed by atoms with Crippen molar-refractivity contribution < 1.29 is 9.53 Å².